The smallest absolute Gasteiger partial charge is 0.261 e. The third-order valence-electron chi connectivity index (χ3n) is 5.58. The normalized spacial score (nSPS) is 24.0. The fourth-order valence-electron chi connectivity index (χ4n) is 4.22. The number of nitrogens with one attached hydrogen (secondary N) is 2. The third-order valence-corrected chi connectivity index (χ3v) is 7.28. The molecule has 0 spiro atoms. The summed E-state index contributed by atoms with van der Waals surface area (Å²) >= 11 is 6.24. The fraction of sp³-hybridized carbons (Fsp3) is 0.350. The van der Waals surface area contributed by atoms with Crippen LogP contribution in [-0.2, 0) is 10.0 Å². The molecule has 4 rings (SSSR count). The molecule has 3 unspecified atom stereocenters. The van der Waals surface area contributed by atoms with Gasteiger partial charge < -0.3 is 5.32 Å². The number of carbonyl (C=O) groups is 1. The van der Waals surface area contributed by atoms with E-state index in [-0.39, 0.29) is 27.6 Å². The molecule has 142 valence electrons. The highest BCUT2D eigenvalue weighted by molar-refractivity contribution is 7.92. The van der Waals surface area contributed by atoms with Crippen molar-refractivity contribution in [3.63, 3.8) is 0 Å². The second-order valence-corrected chi connectivity index (χ2v) is 9.46. The minimum absolute atomic E-state index is 0.152. The molecule has 27 heavy (non-hydrogen) atoms. The van der Waals surface area contributed by atoms with E-state index in [9.17, 15) is 13.2 Å². The number of rotatable bonds is 5. The van der Waals surface area contributed by atoms with Crippen molar-refractivity contribution >= 4 is 33.2 Å². The lowest BCUT2D eigenvalue weighted by Gasteiger charge is -2.23. The van der Waals surface area contributed by atoms with Crippen molar-refractivity contribution < 1.29 is 13.2 Å². The van der Waals surface area contributed by atoms with Gasteiger partial charge in [-0.3, -0.25) is 9.52 Å². The number of fused-ring (bicyclic) bond motifs is 2. The summed E-state index contributed by atoms with van der Waals surface area (Å²) in [5, 5.41) is 3.30. The maximum atomic E-state index is 12.5. The summed E-state index contributed by atoms with van der Waals surface area (Å²) in [4.78, 5) is 12.7. The number of carbonyl (C=O) groups excluding carboxylic acids is 1. The van der Waals surface area contributed by atoms with Gasteiger partial charge in [-0.05, 0) is 61.4 Å². The van der Waals surface area contributed by atoms with Crippen molar-refractivity contribution in [2.45, 2.75) is 36.6 Å². The highest BCUT2D eigenvalue weighted by Crippen LogP contribution is 2.44. The second kappa shape index (κ2) is 7.17. The van der Waals surface area contributed by atoms with Gasteiger partial charge >= 0.3 is 0 Å². The molecule has 3 atom stereocenters. The van der Waals surface area contributed by atoms with Gasteiger partial charge in [0.1, 0.15) is 0 Å². The zero-order valence-electron chi connectivity index (χ0n) is 14.7. The first kappa shape index (κ1) is 18.3. The number of anilines is 1. The monoisotopic (exact) mass is 404 g/mol. The van der Waals surface area contributed by atoms with E-state index in [0.29, 0.717) is 11.5 Å². The summed E-state index contributed by atoms with van der Waals surface area (Å²) < 4.78 is 27.3. The molecule has 2 aromatic carbocycles. The van der Waals surface area contributed by atoms with Gasteiger partial charge in [0, 0.05) is 11.6 Å². The molecule has 0 aromatic heterocycles. The fourth-order valence-corrected chi connectivity index (χ4v) is 5.60. The van der Waals surface area contributed by atoms with E-state index in [2.05, 4.69) is 10.0 Å². The maximum absolute atomic E-state index is 12.5. The average Bonchev–Trinajstić information content (AvgIpc) is 3.27. The van der Waals surface area contributed by atoms with Gasteiger partial charge in [0.2, 0.25) is 0 Å². The lowest BCUT2D eigenvalue weighted by Crippen LogP contribution is -2.38. The molecular formula is C20H21ClN2O3S. The molecule has 2 aromatic rings. The summed E-state index contributed by atoms with van der Waals surface area (Å²) in [5.41, 5.74) is 0.683. The molecule has 2 fully saturated rings. The summed E-state index contributed by atoms with van der Waals surface area (Å²) in [7, 11) is -3.73. The molecule has 0 saturated heterocycles. The Bertz CT molecular complexity index is 962. The Morgan fingerprint density at radius 3 is 2.44 bits per heavy atom. The van der Waals surface area contributed by atoms with Crippen molar-refractivity contribution in [3.05, 3.63) is 59.1 Å². The third kappa shape index (κ3) is 3.82. The minimum atomic E-state index is -3.73. The Labute approximate surface area is 164 Å². The molecule has 2 bridgehead atoms. The molecule has 0 heterocycles. The van der Waals surface area contributed by atoms with Gasteiger partial charge in [0.25, 0.3) is 15.9 Å². The van der Waals surface area contributed by atoms with Crippen molar-refractivity contribution in [1.29, 1.82) is 0 Å². The SMILES string of the molecule is O=C(NC1CC2CCC1C2)c1ccc(NS(=O)(=O)c2ccccc2)c(Cl)c1. The molecule has 2 aliphatic rings. The largest absolute Gasteiger partial charge is 0.349 e. The van der Waals surface area contributed by atoms with E-state index in [1.807, 2.05) is 0 Å². The van der Waals surface area contributed by atoms with Crippen molar-refractivity contribution in [2.24, 2.45) is 11.8 Å². The lowest BCUT2D eigenvalue weighted by molar-refractivity contribution is 0.0923. The Morgan fingerprint density at radius 2 is 1.81 bits per heavy atom. The number of benzene rings is 2. The number of sulfonamides is 1. The zero-order valence-corrected chi connectivity index (χ0v) is 16.3. The van der Waals surface area contributed by atoms with Crippen molar-refractivity contribution in [1.82, 2.24) is 5.32 Å². The first-order chi connectivity index (χ1) is 12.9. The summed E-state index contributed by atoms with van der Waals surface area (Å²) in [6.45, 7) is 0. The van der Waals surface area contributed by atoms with Gasteiger partial charge in [0.05, 0.1) is 15.6 Å². The molecule has 5 nitrogen and oxygen atoms in total. The Morgan fingerprint density at radius 1 is 1.04 bits per heavy atom. The number of hydrogen-bond donors (Lipinski definition) is 2. The summed E-state index contributed by atoms with van der Waals surface area (Å²) in [6.07, 6.45) is 4.74. The molecule has 7 heteroatoms. The van der Waals surface area contributed by atoms with Crippen LogP contribution in [0.25, 0.3) is 0 Å². The molecule has 0 aliphatic heterocycles. The molecule has 2 aliphatic carbocycles. The predicted molar refractivity (Wildman–Crippen MR) is 105 cm³/mol. The van der Waals surface area contributed by atoms with Crippen LogP contribution in [0.5, 0.6) is 0 Å². The van der Waals surface area contributed by atoms with Gasteiger partial charge in [-0.15, -0.1) is 0 Å². The second-order valence-electron chi connectivity index (χ2n) is 7.37. The van der Waals surface area contributed by atoms with Gasteiger partial charge in [-0.2, -0.15) is 0 Å². The van der Waals surface area contributed by atoms with Gasteiger partial charge in [-0.1, -0.05) is 36.2 Å². The van der Waals surface area contributed by atoms with Crippen LogP contribution in [0, 0.1) is 11.8 Å². The van der Waals surface area contributed by atoms with Gasteiger partial charge in [-0.25, -0.2) is 8.42 Å². The van der Waals surface area contributed by atoms with Crippen LogP contribution >= 0.6 is 11.6 Å². The summed E-state index contributed by atoms with van der Waals surface area (Å²) in [6, 6.07) is 12.9. The van der Waals surface area contributed by atoms with Crippen LogP contribution in [-0.4, -0.2) is 20.4 Å². The van der Waals surface area contributed by atoms with Crippen LogP contribution in [0.4, 0.5) is 5.69 Å². The molecule has 0 radical (unpaired) electrons. The van der Waals surface area contributed by atoms with E-state index < -0.39 is 10.0 Å². The summed E-state index contributed by atoms with van der Waals surface area (Å²) in [5.74, 6) is 1.18. The van der Waals surface area contributed by atoms with Gasteiger partial charge in [0.15, 0.2) is 0 Å². The van der Waals surface area contributed by atoms with Crippen LogP contribution < -0.4 is 10.0 Å². The van der Waals surface area contributed by atoms with Crippen molar-refractivity contribution in [2.75, 3.05) is 4.72 Å². The Hall–Kier alpha value is -2.05. The van der Waals surface area contributed by atoms with E-state index in [0.717, 1.165) is 12.3 Å². The predicted octanol–water partition coefficient (Wildman–Crippen LogP) is 4.06. The first-order valence-corrected chi connectivity index (χ1v) is 11.0. The van der Waals surface area contributed by atoms with E-state index in [1.54, 1.807) is 24.3 Å². The van der Waals surface area contributed by atoms with Crippen LogP contribution in [0.1, 0.15) is 36.0 Å². The van der Waals surface area contributed by atoms with Crippen LogP contribution in [0.3, 0.4) is 0 Å². The first-order valence-electron chi connectivity index (χ1n) is 9.10. The molecular weight excluding hydrogens is 384 g/mol. The van der Waals surface area contributed by atoms with E-state index in [4.69, 9.17) is 11.6 Å². The number of amides is 1. The highest BCUT2D eigenvalue weighted by Gasteiger charge is 2.40. The lowest BCUT2D eigenvalue weighted by atomic mass is 9.95. The molecule has 1 amide bonds. The maximum Gasteiger partial charge on any atom is 0.261 e. The number of hydrogen-bond acceptors (Lipinski definition) is 3. The van der Waals surface area contributed by atoms with E-state index in [1.165, 1.54) is 43.5 Å². The zero-order chi connectivity index (χ0) is 19.0. The van der Waals surface area contributed by atoms with Crippen LogP contribution in [0.2, 0.25) is 5.02 Å². The topological polar surface area (TPSA) is 75.3 Å². The minimum Gasteiger partial charge on any atom is -0.349 e. The quantitative estimate of drug-likeness (QED) is 0.789. The van der Waals surface area contributed by atoms with E-state index >= 15 is 0 Å². The average molecular weight is 405 g/mol. The standard InChI is InChI=1S/C20H21ClN2O3S/c21-17-12-15(20(24)22-19-11-13-6-7-14(19)10-13)8-9-18(17)23-27(25,26)16-4-2-1-3-5-16/h1-5,8-9,12-14,19,23H,6-7,10-11H2,(H,22,24). The number of halogens is 1. The molecule has 2 N–H and O–H groups in total. The Kier molecular flexibility index (Phi) is 4.86. The molecule has 2 saturated carbocycles. The Balaban J connectivity index is 1.47. The van der Waals surface area contributed by atoms with Crippen LogP contribution in [0.15, 0.2) is 53.4 Å². The highest BCUT2D eigenvalue weighted by atomic mass is 35.5. The van der Waals surface area contributed by atoms with Crippen molar-refractivity contribution in [3.8, 4) is 0 Å².